The third kappa shape index (κ3) is 8.83. The lowest BCUT2D eigenvalue weighted by molar-refractivity contribution is -0.143. The summed E-state index contributed by atoms with van der Waals surface area (Å²) < 4.78 is 6.83. The molecule has 1 fully saturated rings. The van der Waals surface area contributed by atoms with Crippen LogP contribution in [0.25, 0.3) is 0 Å². The van der Waals surface area contributed by atoms with Crippen molar-refractivity contribution >= 4 is 39.3 Å². The van der Waals surface area contributed by atoms with E-state index in [0.29, 0.717) is 17.2 Å². The van der Waals surface area contributed by atoms with Crippen molar-refractivity contribution < 1.29 is 14.3 Å². The Morgan fingerprint density at radius 1 is 1.00 bits per heavy atom. The zero-order chi connectivity index (χ0) is 29.4. The number of hydrogen-bond donors (Lipinski definition) is 1. The van der Waals surface area contributed by atoms with Crippen LogP contribution in [0.5, 0.6) is 5.75 Å². The molecule has 3 aromatic rings. The molecular weight excluding hydrogens is 600 g/mol. The van der Waals surface area contributed by atoms with E-state index < -0.39 is 6.04 Å². The predicted molar refractivity (Wildman–Crippen MR) is 169 cm³/mol. The summed E-state index contributed by atoms with van der Waals surface area (Å²) in [5.74, 6) is 0.156. The van der Waals surface area contributed by atoms with E-state index >= 15 is 0 Å². The average molecular weight is 640 g/mol. The summed E-state index contributed by atoms with van der Waals surface area (Å²) in [5.41, 5.74) is 2.90. The van der Waals surface area contributed by atoms with Crippen molar-refractivity contribution in [3.63, 3.8) is 0 Å². The van der Waals surface area contributed by atoms with Crippen LogP contribution in [0, 0.1) is 0 Å². The molecule has 0 radical (unpaired) electrons. The summed E-state index contributed by atoms with van der Waals surface area (Å²) in [4.78, 5) is 29.5. The van der Waals surface area contributed by atoms with Gasteiger partial charge in [-0.1, -0.05) is 106 Å². The Kier molecular flexibility index (Phi) is 10.9. The Hall–Kier alpha value is -2.83. The molecule has 1 atom stereocenters. The van der Waals surface area contributed by atoms with E-state index in [1.54, 1.807) is 11.0 Å². The van der Waals surface area contributed by atoms with Gasteiger partial charge in [0.1, 0.15) is 11.8 Å². The number of nitrogens with one attached hydrogen (secondary N) is 1. The van der Waals surface area contributed by atoms with Gasteiger partial charge in [0.05, 0.1) is 4.47 Å². The normalized spacial score (nSPS) is 14.8. The Morgan fingerprint density at radius 3 is 2.34 bits per heavy atom. The van der Waals surface area contributed by atoms with Crippen LogP contribution in [-0.2, 0) is 28.0 Å². The number of ether oxygens (including phenoxy) is 1. The molecule has 1 aliphatic rings. The second-order valence-corrected chi connectivity index (χ2v) is 13.1. The van der Waals surface area contributed by atoms with Crippen LogP contribution in [0.15, 0.2) is 77.3 Å². The van der Waals surface area contributed by atoms with Crippen LogP contribution in [0.3, 0.4) is 0 Å². The van der Waals surface area contributed by atoms with Gasteiger partial charge >= 0.3 is 0 Å². The lowest BCUT2D eigenvalue weighted by Crippen LogP contribution is -2.53. The lowest BCUT2D eigenvalue weighted by Gasteiger charge is -2.33. The average Bonchev–Trinajstić information content (AvgIpc) is 2.95. The minimum absolute atomic E-state index is 0.0149. The van der Waals surface area contributed by atoms with E-state index in [2.05, 4.69) is 42.0 Å². The van der Waals surface area contributed by atoms with E-state index in [-0.39, 0.29) is 36.4 Å². The maximum atomic E-state index is 14.0. The predicted octanol–water partition coefficient (Wildman–Crippen LogP) is 7.87. The zero-order valence-corrected chi connectivity index (χ0v) is 26.5. The maximum absolute atomic E-state index is 14.0. The Labute approximate surface area is 257 Å². The molecule has 0 aromatic heterocycles. The third-order valence-corrected chi connectivity index (χ3v) is 8.66. The smallest absolute Gasteiger partial charge is 0.261 e. The topological polar surface area (TPSA) is 58.6 Å². The molecule has 2 amide bonds. The Bertz CT molecular complexity index is 1320. The molecule has 4 rings (SSSR count). The Morgan fingerprint density at radius 2 is 1.68 bits per heavy atom. The SMILES string of the molecule is CC(C)(C)c1ccc(OCC(=O)N(Cc2ccccc2Cl)C(Cc2ccccc2)C(=O)NC2CCCCC2)c(Br)c1. The fraction of sp³-hybridized carbons (Fsp3) is 0.412. The second-order valence-electron chi connectivity index (χ2n) is 11.8. The van der Waals surface area contributed by atoms with Crippen LogP contribution in [-0.4, -0.2) is 35.4 Å². The van der Waals surface area contributed by atoms with E-state index in [4.69, 9.17) is 16.3 Å². The highest BCUT2D eigenvalue weighted by Gasteiger charge is 2.32. The molecule has 41 heavy (non-hydrogen) atoms. The van der Waals surface area contributed by atoms with Crippen LogP contribution in [0.4, 0.5) is 0 Å². The highest BCUT2D eigenvalue weighted by atomic mass is 79.9. The first-order valence-corrected chi connectivity index (χ1v) is 15.6. The molecule has 5 nitrogen and oxygen atoms in total. The summed E-state index contributed by atoms with van der Waals surface area (Å²) in [6.07, 6.45) is 5.72. The maximum Gasteiger partial charge on any atom is 0.261 e. The summed E-state index contributed by atoms with van der Waals surface area (Å²) in [5, 5.41) is 3.82. The number of rotatable bonds is 10. The van der Waals surface area contributed by atoms with Gasteiger partial charge in [-0.2, -0.15) is 0 Å². The fourth-order valence-electron chi connectivity index (χ4n) is 5.22. The summed E-state index contributed by atoms with van der Waals surface area (Å²) in [7, 11) is 0. The first-order chi connectivity index (χ1) is 19.6. The number of carbonyl (C=O) groups is 2. The molecule has 218 valence electrons. The van der Waals surface area contributed by atoms with Gasteiger partial charge in [0.2, 0.25) is 5.91 Å². The van der Waals surface area contributed by atoms with Crippen molar-refractivity contribution in [2.75, 3.05) is 6.61 Å². The van der Waals surface area contributed by atoms with Crippen molar-refractivity contribution in [1.82, 2.24) is 10.2 Å². The van der Waals surface area contributed by atoms with Gasteiger partial charge in [-0.05, 0) is 69.1 Å². The summed E-state index contributed by atoms with van der Waals surface area (Å²) >= 11 is 10.2. The summed E-state index contributed by atoms with van der Waals surface area (Å²) in [6.45, 7) is 6.44. The van der Waals surface area contributed by atoms with Gasteiger partial charge in [-0.15, -0.1) is 0 Å². The van der Waals surface area contributed by atoms with Gasteiger partial charge in [0.15, 0.2) is 6.61 Å². The molecule has 0 bridgehead atoms. The quantitative estimate of drug-likeness (QED) is 0.246. The van der Waals surface area contributed by atoms with Crippen molar-refractivity contribution in [3.8, 4) is 5.75 Å². The molecular formula is C34H40BrClN2O3. The molecule has 3 aromatic carbocycles. The molecule has 1 aliphatic carbocycles. The van der Waals surface area contributed by atoms with Crippen molar-refractivity contribution in [1.29, 1.82) is 0 Å². The molecule has 0 aliphatic heterocycles. The highest BCUT2D eigenvalue weighted by molar-refractivity contribution is 9.10. The van der Waals surface area contributed by atoms with Crippen LogP contribution in [0.2, 0.25) is 5.02 Å². The second kappa shape index (κ2) is 14.4. The number of amides is 2. The lowest BCUT2D eigenvalue weighted by atomic mass is 9.87. The summed E-state index contributed by atoms with van der Waals surface area (Å²) in [6, 6.07) is 22.6. The highest BCUT2D eigenvalue weighted by Crippen LogP contribution is 2.32. The molecule has 1 N–H and O–H groups in total. The first-order valence-electron chi connectivity index (χ1n) is 14.4. The van der Waals surface area contributed by atoms with Gasteiger partial charge in [-0.25, -0.2) is 0 Å². The number of benzene rings is 3. The van der Waals surface area contributed by atoms with Crippen molar-refractivity contribution in [2.45, 2.75) is 83.3 Å². The zero-order valence-electron chi connectivity index (χ0n) is 24.2. The van der Waals surface area contributed by atoms with Crippen LogP contribution >= 0.6 is 27.5 Å². The molecule has 1 unspecified atom stereocenters. The van der Waals surface area contributed by atoms with E-state index in [9.17, 15) is 9.59 Å². The number of hydrogen-bond acceptors (Lipinski definition) is 3. The van der Waals surface area contributed by atoms with Gasteiger partial charge in [-0.3, -0.25) is 9.59 Å². The number of carbonyl (C=O) groups excluding carboxylic acids is 2. The minimum Gasteiger partial charge on any atom is -0.483 e. The van der Waals surface area contributed by atoms with Crippen molar-refractivity contribution in [3.05, 3.63) is 99.0 Å². The van der Waals surface area contributed by atoms with Gasteiger partial charge in [0.25, 0.3) is 5.91 Å². The first kappa shape index (κ1) is 31.1. The largest absolute Gasteiger partial charge is 0.483 e. The molecule has 0 spiro atoms. The third-order valence-electron chi connectivity index (χ3n) is 7.67. The van der Waals surface area contributed by atoms with Gasteiger partial charge < -0.3 is 15.0 Å². The molecule has 7 heteroatoms. The molecule has 1 saturated carbocycles. The van der Waals surface area contributed by atoms with E-state index in [1.807, 2.05) is 66.7 Å². The minimum atomic E-state index is -0.724. The van der Waals surface area contributed by atoms with E-state index in [1.165, 1.54) is 6.42 Å². The van der Waals surface area contributed by atoms with E-state index in [0.717, 1.165) is 46.8 Å². The Balaban J connectivity index is 1.62. The van der Waals surface area contributed by atoms with Crippen molar-refractivity contribution in [2.24, 2.45) is 0 Å². The molecule has 0 heterocycles. The molecule has 0 saturated heterocycles. The van der Waals surface area contributed by atoms with Crippen LogP contribution < -0.4 is 10.1 Å². The standard InChI is InChI=1S/C34H40BrClN2O3/c1-34(2,3)26-18-19-31(28(35)21-26)41-23-32(39)38(22-25-14-10-11-17-29(25)36)30(20-24-12-6-4-7-13-24)33(40)37-27-15-8-5-9-16-27/h4,6-7,10-14,17-19,21,27,30H,5,8-9,15-16,20,22-23H2,1-3H3,(H,37,40). The number of halogens is 2. The van der Waals surface area contributed by atoms with Gasteiger partial charge in [0, 0.05) is 24.0 Å². The number of nitrogens with zero attached hydrogens (tertiary/aromatic N) is 1. The van der Waals surface area contributed by atoms with Crippen LogP contribution in [0.1, 0.15) is 69.6 Å². The monoisotopic (exact) mass is 638 g/mol. The fourth-order valence-corrected chi connectivity index (χ4v) is 5.90.